The Hall–Kier alpha value is -2.88. The van der Waals surface area contributed by atoms with Gasteiger partial charge >= 0.3 is 0 Å². The van der Waals surface area contributed by atoms with Crippen LogP contribution in [0.15, 0.2) is 53.8 Å². The lowest BCUT2D eigenvalue weighted by molar-refractivity contribution is -0.120. The molecule has 1 N–H and O–H groups in total. The summed E-state index contributed by atoms with van der Waals surface area (Å²) in [5.74, 6) is -0.111. The third-order valence-electron chi connectivity index (χ3n) is 4.18. The first-order chi connectivity index (χ1) is 11.5. The second-order valence-electron chi connectivity index (χ2n) is 6.11. The van der Waals surface area contributed by atoms with E-state index in [2.05, 4.69) is 33.3 Å². The van der Waals surface area contributed by atoms with Gasteiger partial charge in [0.15, 0.2) is 0 Å². The van der Waals surface area contributed by atoms with Crippen LogP contribution in [0.4, 0.5) is 0 Å². The molecule has 1 aromatic heterocycles. The zero-order valence-electron chi connectivity index (χ0n) is 14.2. The molecule has 0 unspecified atom stereocenters. The summed E-state index contributed by atoms with van der Waals surface area (Å²) in [7, 11) is 2.00. The number of benzene rings is 2. The fourth-order valence-corrected chi connectivity index (χ4v) is 2.85. The molecule has 4 nitrogen and oxygen atoms in total. The number of rotatable bonds is 4. The lowest BCUT2D eigenvalue weighted by Gasteiger charge is -2.05. The minimum atomic E-state index is -0.111. The average Bonchev–Trinajstić information content (AvgIpc) is 2.88. The summed E-state index contributed by atoms with van der Waals surface area (Å²) in [5.41, 5.74) is 8.06. The van der Waals surface area contributed by atoms with Gasteiger partial charge in [-0.2, -0.15) is 5.10 Å². The highest BCUT2D eigenvalue weighted by Gasteiger charge is 2.06. The van der Waals surface area contributed by atoms with Gasteiger partial charge in [0.25, 0.3) is 0 Å². The molecule has 0 atom stereocenters. The summed E-state index contributed by atoms with van der Waals surface area (Å²) in [6, 6.07) is 14.3. The molecule has 3 rings (SSSR count). The highest BCUT2D eigenvalue weighted by atomic mass is 16.2. The van der Waals surface area contributed by atoms with Crippen molar-refractivity contribution in [2.45, 2.75) is 20.3 Å². The van der Waals surface area contributed by atoms with E-state index in [-0.39, 0.29) is 5.91 Å². The van der Waals surface area contributed by atoms with E-state index in [4.69, 9.17) is 0 Å². The Kier molecular flexibility index (Phi) is 4.47. The van der Waals surface area contributed by atoms with Gasteiger partial charge in [0.2, 0.25) is 5.91 Å². The van der Waals surface area contributed by atoms with Crippen molar-refractivity contribution >= 4 is 23.0 Å². The minimum absolute atomic E-state index is 0.111. The van der Waals surface area contributed by atoms with Crippen molar-refractivity contribution in [3.63, 3.8) is 0 Å². The van der Waals surface area contributed by atoms with E-state index in [9.17, 15) is 4.79 Å². The molecule has 0 aliphatic rings. The van der Waals surface area contributed by atoms with Gasteiger partial charge in [-0.05, 0) is 31.0 Å². The molecule has 122 valence electrons. The molecule has 0 saturated carbocycles. The van der Waals surface area contributed by atoms with Crippen LogP contribution in [0.1, 0.15) is 22.3 Å². The molecule has 0 aliphatic heterocycles. The van der Waals surface area contributed by atoms with E-state index in [1.54, 1.807) is 6.21 Å². The van der Waals surface area contributed by atoms with Crippen molar-refractivity contribution in [2.75, 3.05) is 0 Å². The van der Waals surface area contributed by atoms with Gasteiger partial charge in [-0.1, -0.05) is 42.0 Å². The predicted molar refractivity (Wildman–Crippen MR) is 98.3 cm³/mol. The van der Waals surface area contributed by atoms with E-state index >= 15 is 0 Å². The fraction of sp³-hybridized carbons (Fsp3) is 0.200. The highest BCUT2D eigenvalue weighted by molar-refractivity contribution is 5.99. The van der Waals surface area contributed by atoms with Gasteiger partial charge in [0, 0.05) is 29.7 Å². The van der Waals surface area contributed by atoms with Crippen LogP contribution in [0, 0.1) is 13.8 Å². The molecule has 0 radical (unpaired) electrons. The molecule has 0 bridgehead atoms. The number of aromatic nitrogens is 1. The number of carbonyl (C=O) groups is 1. The number of nitrogens with one attached hydrogen (secondary N) is 1. The second kappa shape index (κ2) is 6.71. The topological polar surface area (TPSA) is 46.4 Å². The van der Waals surface area contributed by atoms with Crippen LogP contribution in [0.5, 0.6) is 0 Å². The molecule has 24 heavy (non-hydrogen) atoms. The number of carbonyl (C=O) groups excluding carboxylic acids is 1. The number of aryl methyl sites for hydroxylation is 3. The second-order valence-corrected chi connectivity index (χ2v) is 6.11. The molecule has 1 heterocycles. The van der Waals surface area contributed by atoms with Crippen LogP contribution in [0.2, 0.25) is 0 Å². The minimum Gasteiger partial charge on any atom is -0.350 e. The van der Waals surface area contributed by atoms with Gasteiger partial charge in [0.05, 0.1) is 12.6 Å². The van der Waals surface area contributed by atoms with Crippen molar-refractivity contribution in [1.29, 1.82) is 0 Å². The van der Waals surface area contributed by atoms with Gasteiger partial charge < -0.3 is 4.57 Å². The summed E-state index contributed by atoms with van der Waals surface area (Å²) in [6.07, 6.45) is 4.04. The van der Waals surface area contributed by atoms with Crippen molar-refractivity contribution in [3.05, 3.63) is 70.9 Å². The summed E-state index contributed by atoms with van der Waals surface area (Å²) < 4.78 is 2.05. The lowest BCUT2D eigenvalue weighted by atomic mass is 10.0. The number of amides is 1. The number of hydrazone groups is 1. The van der Waals surface area contributed by atoms with Crippen LogP contribution in [0.3, 0.4) is 0 Å². The number of para-hydroxylation sites is 1. The number of hydrogen-bond donors (Lipinski definition) is 1. The van der Waals surface area contributed by atoms with Crippen molar-refractivity contribution in [1.82, 2.24) is 9.99 Å². The summed E-state index contributed by atoms with van der Waals surface area (Å²) in [5, 5.41) is 5.23. The van der Waals surface area contributed by atoms with Crippen LogP contribution in [0.25, 0.3) is 10.9 Å². The Labute approximate surface area is 141 Å². The summed E-state index contributed by atoms with van der Waals surface area (Å²) in [6.45, 7) is 4.04. The average molecular weight is 319 g/mol. The summed E-state index contributed by atoms with van der Waals surface area (Å²) >= 11 is 0. The van der Waals surface area contributed by atoms with E-state index in [1.165, 1.54) is 0 Å². The highest BCUT2D eigenvalue weighted by Crippen LogP contribution is 2.18. The van der Waals surface area contributed by atoms with Gasteiger partial charge in [0.1, 0.15) is 0 Å². The molecule has 0 spiro atoms. The molecule has 0 fully saturated rings. The maximum absolute atomic E-state index is 12.1. The van der Waals surface area contributed by atoms with E-state index in [0.29, 0.717) is 6.42 Å². The van der Waals surface area contributed by atoms with Gasteiger partial charge in [-0.25, -0.2) is 5.43 Å². The molecule has 3 aromatic rings. The molecule has 0 saturated heterocycles. The van der Waals surface area contributed by atoms with E-state index in [1.807, 2.05) is 51.4 Å². The Balaban J connectivity index is 1.69. The van der Waals surface area contributed by atoms with Crippen LogP contribution in [-0.2, 0) is 18.3 Å². The number of hydrogen-bond acceptors (Lipinski definition) is 2. The monoisotopic (exact) mass is 319 g/mol. The predicted octanol–water partition coefficient (Wildman–Crippen LogP) is 3.49. The SMILES string of the molecule is Cc1ccc(C)c(CC(=O)N/N=C\c2cn(C)c3ccccc23)c1. The largest absolute Gasteiger partial charge is 0.350 e. The fourth-order valence-electron chi connectivity index (χ4n) is 2.85. The van der Waals surface area contributed by atoms with Crippen molar-refractivity contribution in [3.8, 4) is 0 Å². The molecular formula is C20H21N3O. The lowest BCUT2D eigenvalue weighted by Crippen LogP contribution is -2.20. The Morgan fingerprint density at radius 3 is 2.83 bits per heavy atom. The van der Waals surface area contributed by atoms with Crippen molar-refractivity contribution < 1.29 is 4.79 Å². The zero-order valence-corrected chi connectivity index (χ0v) is 14.2. The number of fused-ring (bicyclic) bond motifs is 1. The third-order valence-corrected chi connectivity index (χ3v) is 4.18. The maximum atomic E-state index is 12.1. The first kappa shape index (κ1) is 16.0. The van der Waals surface area contributed by atoms with Gasteiger partial charge in [-0.3, -0.25) is 4.79 Å². The van der Waals surface area contributed by atoms with Crippen LogP contribution < -0.4 is 5.43 Å². The van der Waals surface area contributed by atoms with Crippen molar-refractivity contribution in [2.24, 2.45) is 12.1 Å². The van der Waals surface area contributed by atoms with Crippen LogP contribution >= 0.6 is 0 Å². The Morgan fingerprint density at radius 2 is 2.00 bits per heavy atom. The molecule has 1 amide bonds. The zero-order chi connectivity index (χ0) is 17.1. The molecule has 4 heteroatoms. The smallest absolute Gasteiger partial charge is 0.244 e. The molecule has 0 aliphatic carbocycles. The quantitative estimate of drug-likeness (QED) is 0.581. The standard InChI is InChI=1S/C20H21N3O/c1-14-8-9-15(2)16(10-14)11-20(24)22-21-12-17-13-23(3)19-7-5-4-6-18(17)19/h4-10,12-13H,11H2,1-3H3,(H,22,24)/b21-12-. The third kappa shape index (κ3) is 3.38. The molecule has 2 aromatic carbocycles. The van der Waals surface area contributed by atoms with Gasteiger partial charge in [-0.15, -0.1) is 0 Å². The van der Waals surface area contributed by atoms with Crippen LogP contribution in [-0.4, -0.2) is 16.7 Å². The normalized spacial score (nSPS) is 11.3. The first-order valence-electron chi connectivity index (χ1n) is 7.96. The van der Waals surface area contributed by atoms with E-state index < -0.39 is 0 Å². The molecular weight excluding hydrogens is 298 g/mol. The van der Waals surface area contributed by atoms with E-state index in [0.717, 1.165) is 33.2 Å². The Bertz CT molecular complexity index is 922. The first-order valence-corrected chi connectivity index (χ1v) is 7.96. The summed E-state index contributed by atoms with van der Waals surface area (Å²) in [4.78, 5) is 12.1. The number of nitrogens with zero attached hydrogens (tertiary/aromatic N) is 2. The Morgan fingerprint density at radius 1 is 1.21 bits per heavy atom. The maximum Gasteiger partial charge on any atom is 0.244 e.